The number of aromatic nitrogens is 4. The third-order valence-electron chi connectivity index (χ3n) is 4.17. The van der Waals surface area contributed by atoms with Crippen LogP contribution in [0.15, 0.2) is 65.8 Å². The van der Waals surface area contributed by atoms with E-state index in [0.717, 1.165) is 0 Å². The van der Waals surface area contributed by atoms with E-state index in [9.17, 15) is 8.42 Å². The van der Waals surface area contributed by atoms with Crippen LogP contribution in [-0.4, -0.2) is 33.8 Å². The summed E-state index contributed by atoms with van der Waals surface area (Å²) in [6.45, 7) is 0. The average molecular weight is 417 g/mol. The first-order chi connectivity index (χ1) is 13.0. The summed E-state index contributed by atoms with van der Waals surface area (Å²) in [4.78, 5) is 13.4. The maximum atomic E-state index is 12.0. The Morgan fingerprint density at radius 3 is 2.32 bits per heavy atom. The zero-order valence-electron chi connectivity index (χ0n) is 14.6. The number of sulfone groups is 1. The number of imidazole rings is 1. The molecular formula is C18H17ClN6O2S. The van der Waals surface area contributed by atoms with Gasteiger partial charge in [-0.05, 0) is 48.5 Å². The fourth-order valence-electron chi connectivity index (χ4n) is 2.84. The second kappa shape index (κ2) is 7.55. The number of fused-ring (bicyclic) bond motifs is 1. The molecule has 8 nitrogen and oxygen atoms in total. The Morgan fingerprint density at radius 2 is 1.64 bits per heavy atom. The summed E-state index contributed by atoms with van der Waals surface area (Å²) < 4.78 is 25.7. The SMILES string of the molecule is Cl.NCS(=O)(=O)c1ccc(-n2c(-c3cccnc3N)nc3cccnc32)cc1. The summed E-state index contributed by atoms with van der Waals surface area (Å²) >= 11 is 0. The molecule has 4 N–H and O–H groups in total. The van der Waals surface area contributed by atoms with Crippen LogP contribution in [0, 0.1) is 0 Å². The third kappa shape index (κ3) is 3.31. The molecule has 4 rings (SSSR count). The average Bonchev–Trinajstić information content (AvgIpc) is 3.07. The minimum absolute atomic E-state index is 0. The highest BCUT2D eigenvalue weighted by Crippen LogP contribution is 2.30. The molecule has 0 amide bonds. The number of nitrogen functional groups attached to an aromatic ring is 1. The summed E-state index contributed by atoms with van der Waals surface area (Å²) in [5, 5.41) is 0. The molecule has 3 aromatic heterocycles. The lowest BCUT2D eigenvalue weighted by Gasteiger charge is -2.11. The predicted octanol–water partition coefficient (Wildman–Crippen LogP) is 2.18. The molecule has 0 atom stereocenters. The van der Waals surface area contributed by atoms with Crippen molar-refractivity contribution in [3.05, 3.63) is 60.9 Å². The fourth-order valence-corrected chi connectivity index (χ4v) is 3.59. The fraction of sp³-hybridized carbons (Fsp3) is 0.0556. The maximum absolute atomic E-state index is 12.0. The lowest BCUT2D eigenvalue weighted by molar-refractivity contribution is 0.596. The van der Waals surface area contributed by atoms with Crippen molar-refractivity contribution in [2.45, 2.75) is 4.90 Å². The Hall–Kier alpha value is -3.01. The van der Waals surface area contributed by atoms with Gasteiger partial charge < -0.3 is 11.5 Å². The molecule has 28 heavy (non-hydrogen) atoms. The second-order valence-corrected chi connectivity index (χ2v) is 7.86. The van der Waals surface area contributed by atoms with E-state index in [0.29, 0.717) is 34.1 Å². The first-order valence-corrected chi connectivity index (χ1v) is 9.74. The van der Waals surface area contributed by atoms with Gasteiger partial charge in [-0.3, -0.25) is 4.57 Å². The maximum Gasteiger partial charge on any atom is 0.191 e. The molecule has 144 valence electrons. The number of rotatable bonds is 4. The van der Waals surface area contributed by atoms with Gasteiger partial charge in [-0.2, -0.15) is 0 Å². The van der Waals surface area contributed by atoms with Crippen LogP contribution < -0.4 is 11.5 Å². The summed E-state index contributed by atoms with van der Waals surface area (Å²) in [6, 6.07) is 13.7. The van der Waals surface area contributed by atoms with E-state index in [1.165, 1.54) is 12.1 Å². The van der Waals surface area contributed by atoms with Crippen LogP contribution in [-0.2, 0) is 9.84 Å². The first-order valence-electron chi connectivity index (χ1n) is 8.09. The molecule has 0 radical (unpaired) electrons. The molecular weight excluding hydrogens is 400 g/mol. The topological polar surface area (TPSA) is 130 Å². The molecule has 1 aromatic carbocycles. The van der Waals surface area contributed by atoms with Gasteiger partial charge in [0, 0.05) is 18.1 Å². The van der Waals surface area contributed by atoms with Gasteiger partial charge in [-0.15, -0.1) is 12.4 Å². The summed E-state index contributed by atoms with van der Waals surface area (Å²) in [7, 11) is -3.49. The molecule has 0 saturated carbocycles. The van der Waals surface area contributed by atoms with Gasteiger partial charge in [0.25, 0.3) is 0 Å². The van der Waals surface area contributed by atoms with Crippen LogP contribution in [0.1, 0.15) is 0 Å². The van der Waals surface area contributed by atoms with Crippen LogP contribution in [0.3, 0.4) is 0 Å². The van der Waals surface area contributed by atoms with Crippen molar-refractivity contribution < 1.29 is 8.42 Å². The van der Waals surface area contributed by atoms with Gasteiger partial charge >= 0.3 is 0 Å². The molecule has 0 spiro atoms. The molecule has 3 heterocycles. The number of anilines is 1. The summed E-state index contributed by atoms with van der Waals surface area (Å²) in [5.41, 5.74) is 14.1. The molecule has 0 unspecified atom stereocenters. The van der Waals surface area contributed by atoms with Crippen molar-refractivity contribution in [1.29, 1.82) is 0 Å². The van der Waals surface area contributed by atoms with E-state index in [1.54, 1.807) is 36.7 Å². The van der Waals surface area contributed by atoms with E-state index in [1.807, 2.05) is 16.7 Å². The first kappa shape index (κ1) is 19.7. The number of nitrogens with zero attached hydrogens (tertiary/aromatic N) is 4. The highest BCUT2D eigenvalue weighted by Gasteiger charge is 2.18. The number of pyridine rings is 2. The van der Waals surface area contributed by atoms with Crippen molar-refractivity contribution in [3.63, 3.8) is 0 Å². The van der Waals surface area contributed by atoms with E-state index in [2.05, 4.69) is 15.0 Å². The third-order valence-corrected chi connectivity index (χ3v) is 5.60. The highest BCUT2D eigenvalue weighted by atomic mass is 35.5. The second-order valence-electron chi connectivity index (χ2n) is 5.83. The van der Waals surface area contributed by atoms with E-state index >= 15 is 0 Å². The van der Waals surface area contributed by atoms with E-state index in [4.69, 9.17) is 11.5 Å². The van der Waals surface area contributed by atoms with Gasteiger partial charge in [0.1, 0.15) is 17.2 Å². The highest BCUT2D eigenvalue weighted by molar-refractivity contribution is 7.91. The van der Waals surface area contributed by atoms with Gasteiger partial charge in [0.05, 0.1) is 10.5 Å². The minimum atomic E-state index is -3.49. The summed E-state index contributed by atoms with van der Waals surface area (Å²) in [6.07, 6.45) is 3.28. The Bertz CT molecular complexity index is 1240. The van der Waals surface area contributed by atoms with Gasteiger partial charge in [0.2, 0.25) is 0 Å². The zero-order valence-corrected chi connectivity index (χ0v) is 16.2. The number of benzene rings is 1. The van der Waals surface area contributed by atoms with Gasteiger partial charge in [0.15, 0.2) is 21.3 Å². The molecule has 0 saturated heterocycles. The lowest BCUT2D eigenvalue weighted by atomic mass is 10.2. The Morgan fingerprint density at radius 1 is 0.964 bits per heavy atom. The number of nitrogens with two attached hydrogens (primary N) is 2. The van der Waals surface area contributed by atoms with Crippen LogP contribution >= 0.6 is 12.4 Å². The van der Waals surface area contributed by atoms with Gasteiger partial charge in [-0.25, -0.2) is 23.4 Å². The molecule has 10 heteroatoms. The Labute approximate surface area is 167 Å². The van der Waals surface area contributed by atoms with Gasteiger partial charge in [-0.1, -0.05) is 0 Å². The largest absolute Gasteiger partial charge is 0.383 e. The standard InChI is InChI=1S/C18H16N6O2S.ClH/c19-11-27(25,26)13-7-5-12(6-8-13)24-17(14-3-1-9-21-16(14)20)23-15-4-2-10-22-18(15)24;/h1-10H,11,19H2,(H2,20,21);1H. The van der Waals surface area contributed by atoms with Crippen molar-refractivity contribution in [1.82, 2.24) is 19.5 Å². The molecule has 0 aliphatic heterocycles. The minimum Gasteiger partial charge on any atom is -0.383 e. The Balaban J connectivity index is 0.00000225. The smallest absolute Gasteiger partial charge is 0.191 e. The molecule has 4 aromatic rings. The van der Waals surface area contributed by atoms with Crippen LogP contribution in [0.4, 0.5) is 5.82 Å². The number of halogens is 1. The van der Waals surface area contributed by atoms with Crippen LogP contribution in [0.5, 0.6) is 0 Å². The van der Waals surface area contributed by atoms with Crippen LogP contribution in [0.2, 0.25) is 0 Å². The van der Waals surface area contributed by atoms with E-state index < -0.39 is 15.7 Å². The van der Waals surface area contributed by atoms with Crippen molar-refractivity contribution >= 4 is 39.2 Å². The van der Waals surface area contributed by atoms with Crippen LogP contribution in [0.25, 0.3) is 28.2 Å². The molecule has 0 aliphatic rings. The van der Waals surface area contributed by atoms with E-state index in [-0.39, 0.29) is 17.3 Å². The quantitative estimate of drug-likeness (QED) is 0.521. The number of hydrogen-bond acceptors (Lipinski definition) is 7. The lowest BCUT2D eigenvalue weighted by Crippen LogP contribution is -2.14. The molecule has 0 aliphatic carbocycles. The van der Waals surface area contributed by atoms with Crippen molar-refractivity contribution in [3.8, 4) is 17.1 Å². The molecule has 0 fully saturated rings. The van der Waals surface area contributed by atoms with Crippen molar-refractivity contribution in [2.75, 3.05) is 11.6 Å². The summed E-state index contributed by atoms with van der Waals surface area (Å²) in [5.74, 6) is 0.472. The predicted molar refractivity (Wildman–Crippen MR) is 110 cm³/mol. The zero-order chi connectivity index (χ0) is 19.0. The van der Waals surface area contributed by atoms with Crippen molar-refractivity contribution in [2.24, 2.45) is 5.73 Å². The number of hydrogen-bond donors (Lipinski definition) is 2. The monoisotopic (exact) mass is 416 g/mol. The molecule has 0 bridgehead atoms. The normalized spacial score (nSPS) is 11.3. The Kier molecular flexibility index (Phi) is 5.32.